The zero-order chi connectivity index (χ0) is 17.7. The van der Waals surface area contributed by atoms with E-state index >= 15 is 0 Å². The Labute approximate surface area is 134 Å². The molecule has 0 heterocycles. The van der Waals surface area contributed by atoms with E-state index < -0.39 is 17.5 Å². The van der Waals surface area contributed by atoms with Gasteiger partial charge in [-0.15, -0.1) is 0 Å². The van der Waals surface area contributed by atoms with Crippen LogP contribution in [-0.2, 0) is 9.59 Å². The Kier molecular flexibility index (Phi) is 7.85. The van der Waals surface area contributed by atoms with Crippen LogP contribution >= 0.6 is 0 Å². The quantitative estimate of drug-likeness (QED) is 0.371. The first-order chi connectivity index (χ1) is 9.99. The fourth-order valence-corrected chi connectivity index (χ4v) is 3.51. The molecule has 0 rings (SSSR count). The molecular weight excluding hydrogens is 280 g/mol. The highest BCUT2D eigenvalue weighted by atomic mass is 16.4. The lowest BCUT2D eigenvalue weighted by atomic mass is 9.62. The van der Waals surface area contributed by atoms with Gasteiger partial charge in [-0.25, -0.2) is 9.59 Å². The van der Waals surface area contributed by atoms with Crippen LogP contribution in [0.15, 0.2) is 11.1 Å². The summed E-state index contributed by atoms with van der Waals surface area (Å²) in [5, 5.41) is 18.9. The standard InChI is InChI=1S/C18H32O4/c1-8-18(13(6)7,10-12(4)5)14(9-11(2)3)15(16(19)20)17(21)22/h11-13H,8-10H2,1-7H3,(H,19,20)(H,21,22). The summed E-state index contributed by atoms with van der Waals surface area (Å²) in [6.45, 7) is 14.3. The van der Waals surface area contributed by atoms with Gasteiger partial charge in [0.1, 0.15) is 5.57 Å². The monoisotopic (exact) mass is 312 g/mol. The number of aliphatic carboxylic acids is 2. The minimum Gasteiger partial charge on any atom is -0.477 e. The van der Waals surface area contributed by atoms with E-state index in [4.69, 9.17) is 0 Å². The Morgan fingerprint density at radius 2 is 1.36 bits per heavy atom. The number of carbonyl (C=O) groups is 2. The van der Waals surface area contributed by atoms with Crippen LogP contribution in [0.2, 0.25) is 0 Å². The van der Waals surface area contributed by atoms with Gasteiger partial charge < -0.3 is 10.2 Å². The van der Waals surface area contributed by atoms with Crippen molar-refractivity contribution in [3.8, 4) is 0 Å². The molecule has 0 amide bonds. The minimum absolute atomic E-state index is 0.183. The first-order valence-electron chi connectivity index (χ1n) is 8.19. The molecule has 2 N–H and O–H groups in total. The molecule has 0 spiro atoms. The Morgan fingerprint density at radius 1 is 0.909 bits per heavy atom. The minimum atomic E-state index is -1.33. The third kappa shape index (κ3) is 4.85. The third-order valence-corrected chi connectivity index (χ3v) is 4.45. The molecule has 0 aliphatic rings. The number of rotatable bonds is 9. The number of allylic oxidation sites excluding steroid dienone is 1. The Balaban J connectivity index is 6.48. The van der Waals surface area contributed by atoms with Crippen LogP contribution in [0.5, 0.6) is 0 Å². The second kappa shape index (κ2) is 8.35. The molecule has 0 aromatic carbocycles. The second-order valence-corrected chi connectivity index (χ2v) is 7.32. The van der Waals surface area contributed by atoms with E-state index in [0.717, 1.165) is 12.8 Å². The summed E-state index contributed by atoms with van der Waals surface area (Å²) >= 11 is 0. The highest BCUT2D eigenvalue weighted by molar-refractivity contribution is 6.13. The van der Waals surface area contributed by atoms with Crippen LogP contribution in [0.4, 0.5) is 0 Å². The van der Waals surface area contributed by atoms with Crippen molar-refractivity contribution in [2.75, 3.05) is 0 Å². The van der Waals surface area contributed by atoms with Crippen molar-refractivity contribution in [3.05, 3.63) is 11.1 Å². The van der Waals surface area contributed by atoms with E-state index in [0.29, 0.717) is 17.9 Å². The Hall–Kier alpha value is -1.32. The summed E-state index contributed by atoms with van der Waals surface area (Å²) in [4.78, 5) is 23.2. The first-order valence-corrected chi connectivity index (χ1v) is 8.19. The summed E-state index contributed by atoms with van der Waals surface area (Å²) < 4.78 is 0. The van der Waals surface area contributed by atoms with Gasteiger partial charge in [-0.05, 0) is 48.0 Å². The average Bonchev–Trinajstić information content (AvgIpc) is 2.32. The van der Waals surface area contributed by atoms with Gasteiger partial charge in [0.05, 0.1) is 0 Å². The lowest BCUT2D eigenvalue weighted by molar-refractivity contribution is -0.140. The molecule has 1 atom stereocenters. The smallest absolute Gasteiger partial charge is 0.343 e. The van der Waals surface area contributed by atoms with E-state index in [9.17, 15) is 19.8 Å². The van der Waals surface area contributed by atoms with Gasteiger partial charge >= 0.3 is 11.9 Å². The molecule has 0 aliphatic heterocycles. The molecule has 0 aromatic heterocycles. The topological polar surface area (TPSA) is 74.6 Å². The fraction of sp³-hybridized carbons (Fsp3) is 0.778. The van der Waals surface area contributed by atoms with Crippen molar-refractivity contribution in [2.24, 2.45) is 23.2 Å². The molecule has 4 heteroatoms. The van der Waals surface area contributed by atoms with E-state index in [2.05, 4.69) is 27.7 Å². The average molecular weight is 312 g/mol. The molecule has 0 aliphatic carbocycles. The maximum Gasteiger partial charge on any atom is 0.343 e. The SMILES string of the molecule is CCC(CC(C)C)(C(CC(C)C)=C(C(=O)O)C(=O)O)C(C)C. The van der Waals surface area contributed by atoms with Crippen LogP contribution in [0, 0.1) is 23.2 Å². The number of carboxylic acids is 2. The van der Waals surface area contributed by atoms with Gasteiger partial charge in [-0.3, -0.25) is 0 Å². The molecule has 0 saturated heterocycles. The summed E-state index contributed by atoms with van der Waals surface area (Å²) in [6, 6.07) is 0. The van der Waals surface area contributed by atoms with E-state index in [1.807, 2.05) is 20.8 Å². The highest BCUT2D eigenvalue weighted by Gasteiger charge is 2.41. The second-order valence-electron chi connectivity index (χ2n) is 7.32. The van der Waals surface area contributed by atoms with E-state index in [1.165, 1.54) is 0 Å². The number of hydrogen-bond acceptors (Lipinski definition) is 2. The van der Waals surface area contributed by atoms with Crippen LogP contribution in [0.3, 0.4) is 0 Å². The van der Waals surface area contributed by atoms with Gasteiger partial charge in [-0.1, -0.05) is 48.5 Å². The zero-order valence-corrected chi connectivity index (χ0v) is 15.1. The largest absolute Gasteiger partial charge is 0.477 e. The molecule has 0 bridgehead atoms. The predicted octanol–water partition coefficient (Wildman–Crippen LogP) is 4.60. The first kappa shape index (κ1) is 20.7. The van der Waals surface area contributed by atoms with Crippen molar-refractivity contribution in [2.45, 2.75) is 67.7 Å². The predicted molar refractivity (Wildman–Crippen MR) is 88.8 cm³/mol. The summed E-state index contributed by atoms with van der Waals surface area (Å²) in [5.74, 6) is -1.90. The fourth-order valence-electron chi connectivity index (χ4n) is 3.51. The van der Waals surface area contributed by atoms with Gasteiger partial charge in [0.25, 0.3) is 0 Å². The van der Waals surface area contributed by atoms with E-state index in [-0.39, 0.29) is 17.3 Å². The van der Waals surface area contributed by atoms with Gasteiger partial charge in [-0.2, -0.15) is 0 Å². The lowest BCUT2D eigenvalue weighted by Crippen LogP contribution is -2.35. The molecule has 22 heavy (non-hydrogen) atoms. The molecule has 0 fully saturated rings. The summed E-state index contributed by atoms with van der Waals surface area (Å²) in [7, 11) is 0. The van der Waals surface area contributed by atoms with Crippen molar-refractivity contribution in [3.63, 3.8) is 0 Å². The van der Waals surface area contributed by atoms with Crippen LogP contribution in [-0.4, -0.2) is 22.2 Å². The van der Waals surface area contributed by atoms with Crippen LogP contribution < -0.4 is 0 Å². The number of hydrogen-bond donors (Lipinski definition) is 2. The Bertz CT molecular complexity index is 416. The highest BCUT2D eigenvalue weighted by Crippen LogP contribution is 2.48. The van der Waals surface area contributed by atoms with Gasteiger partial charge in [0, 0.05) is 0 Å². The normalized spacial score (nSPS) is 14.3. The third-order valence-electron chi connectivity index (χ3n) is 4.45. The molecule has 0 radical (unpaired) electrons. The maximum absolute atomic E-state index is 11.6. The molecule has 0 saturated carbocycles. The van der Waals surface area contributed by atoms with Crippen molar-refractivity contribution in [1.82, 2.24) is 0 Å². The lowest BCUT2D eigenvalue weighted by Gasteiger charge is -2.42. The summed E-state index contributed by atoms with van der Waals surface area (Å²) in [6.07, 6.45) is 2.05. The van der Waals surface area contributed by atoms with Crippen LogP contribution in [0.1, 0.15) is 67.7 Å². The maximum atomic E-state index is 11.6. The summed E-state index contributed by atoms with van der Waals surface area (Å²) in [5.41, 5.74) is -0.205. The molecule has 128 valence electrons. The van der Waals surface area contributed by atoms with Crippen molar-refractivity contribution >= 4 is 11.9 Å². The van der Waals surface area contributed by atoms with E-state index in [1.54, 1.807) is 0 Å². The Morgan fingerprint density at radius 3 is 1.59 bits per heavy atom. The van der Waals surface area contributed by atoms with Gasteiger partial charge in [0.15, 0.2) is 0 Å². The molecule has 0 aromatic rings. The number of carboxylic acid groups (broad SMARTS) is 2. The molecular formula is C18H32O4. The zero-order valence-electron chi connectivity index (χ0n) is 15.1. The van der Waals surface area contributed by atoms with Gasteiger partial charge in [0.2, 0.25) is 0 Å². The molecule has 4 nitrogen and oxygen atoms in total. The molecule has 1 unspecified atom stereocenters. The van der Waals surface area contributed by atoms with Crippen LogP contribution in [0.25, 0.3) is 0 Å². The van der Waals surface area contributed by atoms with Crippen molar-refractivity contribution in [1.29, 1.82) is 0 Å². The van der Waals surface area contributed by atoms with Crippen molar-refractivity contribution < 1.29 is 19.8 Å².